The van der Waals surface area contributed by atoms with Crippen molar-refractivity contribution in [1.29, 1.82) is 0 Å². The molecule has 3 amide bonds. The van der Waals surface area contributed by atoms with Gasteiger partial charge in [-0.3, -0.25) is 9.59 Å². The van der Waals surface area contributed by atoms with Crippen molar-refractivity contribution in [1.82, 2.24) is 10.2 Å². The number of nitrogens with zero attached hydrogens (tertiary/aromatic N) is 1. The van der Waals surface area contributed by atoms with Crippen molar-refractivity contribution in [3.63, 3.8) is 0 Å². The zero-order valence-electron chi connectivity index (χ0n) is 16.2. The lowest BCUT2D eigenvalue weighted by Gasteiger charge is -2.22. The second kappa shape index (κ2) is 13.0. The van der Waals surface area contributed by atoms with Crippen LogP contribution in [0.4, 0.5) is 4.79 Å². The first kappa shape index (κ1) is 23.8. The van der Waals surface area contributed by atoms with Crippen LogP contribution in [0.3, 0.4) is 0 Å². The third-order valence-corrected chi connectivity index (χ3v) is 3.86. The number of carbonyl (C=O) groups is 3. The van der Waals surface area contributed by atoms with E-state index in [4.69, 9.17) is 10.5 Å². The fraction of sp³-hybridized carbons (Fsp3) is 0.737. The summed E-state index contributed by atoms with van der Waals surface area (Å²) in [6, 6.07) is -0.546. The van der Waals surface area contributed by atoms with Crippen LogP contribution in [0, 0.1) is 18.8 Å². The predicted octanol–water partition coefficient (Wildman–Crippen LogP) is 2.04. The molecule has 0 radical (unpaired) electrons. The molecule has 0 aromatic heterocycles. The molecule has 2 aliphatic rings. The van der Waals surface area contributed by atoms with Crippen molar-refractivity contribution < 1.29 is 19.1 Å². The molecule has 26 heavy (non-hydrogen) atoms. The normalized spacial score (nSPS) is 19.0. The molecule has 2 rings (SSSR count). The van der Waals surface area contributed by atoms with Gasteiger partial charge in [-0.2, -0.15) is 0 Å². The van der Waals surface area contributed by atoms with Crippen molar-refractivity contribution in [2.45, 2.75) is 71.4 Å². The fourth-order valence-electron chi connectivity index (χ4n) is 2.81. The molecule has 1 saturated heterocycles. The number of alkyl carbamates (subject to hydrolysis) is 1. The van der Waals surface area contributed by atoms with Crippen LogP contribution in [0.15, 0.2) is 0 Å². The van der Waals surface area contributed by atoms with Crippen molar-refractivity contribution in [2.75, 3.05) is 13.1 Å². The quantitative estimate of drug-likeness (QED) is 0.742. The fourth-order valence-corrected chi connectivity index (χ4v) is 2.81. The van der Waals surface area contributed by atoms with Crippen molar-refractivity contribution in [2.24, 2.45) is 11.7 Å². The van der Waals surface area contributed by atoms with Gasteiger partial charge in [-0.15, -0.1) is 12.8 Å². The van der Waals surface area contributed by atoms with Gasteiger partial charge in [-0.05, 0) is 44.4 Å². The maximum absolute atomic E-state index is 11.9. The van der Waals surface area contributed by atoms with E-state index in [0.29, 0.717) is 13.0 Å². The molecular weight excluding hydrogens is 334 g/mol. The molecule has 0 aromatic carbocycles. The third kappa shape index (κ3) is 9.30. The van der Waals surface area contributed by atoms with Crippen LogP contribution in [-0.4, -0.2) is 48.0 Å². The maximum atomic E-state index is 11.9. The van der Waals surface area contributed by atoms with E-state index < -0.39 is 18.0 Å². The van der Waals surface area contributed by atoms with Crippen LogP contribution < -0.4 is 11.1 Å². The summed E-state index contributed by atoms with van der Waals surface area (Å²) < 4.78 is 5.19. The van der Waals surface area contributed by atoms with Gasteiger partial charge in [0, 0.05) is 6.54 Å². The van der Waals surface area contributed by atoms with Gasteiger partial charge in [0.1, 0.15) is 18.7 Å². The molecule has 2 fully saturated rings. The molecule has 1 aliphatic carbocycles. The predicted molar refractivity (Wildman–Crippen MR) is 101 cm³/mol. The number of primary amides is 1. The molecule has 3 N–H and O–H groups in total. The Morgan fingerprint density at radius 2 is 1.65 bits per heavy atom. The van der Waals surface area contributed by atoms with Gasteiger partial charge >= 0.3 is 6.09 Å². The number of rotatable bonds is 4. The highest BCUT2D eigenvalue weighted by atomic mass is 16.6. The first-order valence-electron chi connectivity index (χ1n) is 9.17. The Labute approximate surface area is 157 Å². The van der Waals surface area contributed by atoms with Crippen LogP contribution in [0.5, 0.6) is 0 Å². The first-order valence-corrected chi connectivity index (χ1v) is 9.17. The summed E-state index contributed by atoms with van der Waals surface area (Å²) in [7, 11) is 0. The molecule has 1 atom stereocenters. The van der Waals surface area contributed by atoms with E-state index in [1.165, 1.54) is 4.90 Å². The van der Waals surface area contributed by atoms with E-state index in [1.807, 2.05) is 0 Å². The SMILES string of the molecule is C#C.CC(C)C.NC(=O)[C@@H]1CCCN1C(=O)CNC(=O)OC1CCCC1. The zero-order valence-corrected chi connectivity index (χ0v) is 16.2. The third-order valence-electron chi connectivity index (χ3n) is 3.86. The first-order chi connectivity index (χ1) is 12.3. The molecule has 0 aromatic rings. The van der Waals surface area contributed by atoms with Gasteiger partial charge < -0.3 is 20.7 Å². The summed E-state index contributed by atoms with van der Waals surface area (Å²) in [6.45, 7) is 6.85. The number of hydrogen-bond acceptors (Lipinski definition) is 4. The lowest BCUT2D eigenvalue weighted by Crippen LogP contribution is -2.47. The molecule has 0 unspecified atom stereocenters. The van der Waals surface area contributed by atoms with Gasteiger partial charge in [-0.25, -0.2) is 4.79 Å². The van der Waals surface area contributed by atoms with E-state index >= 15 is 0 Å². The van der Waals surface area contributed by atoms with Gasteiger partial charge in [0.15, 0.2) is 0 Å². The van der Waals surface area contributed by atoms with Crippen LogP contribution >= 0.6 is 0 Å². The number of hydrogen-bond donors (Lipinski definition) is 2. The molecule has 0 spiro atoms. The Hall–Kier alpha value is -2.23. The summed E-state index contributed by atoms with van der Waals surface area (Å²) in [5, 5.41) is 2.44. The van der Waals surface area contributed by atoms with E-state index in [2.05, 4.69) is 38.9 Å². The summed E-state index contributed by atoms with van der Waals surface area (Å²) in [5.41, 5.74) is 5.25. The Balaban J connectivity index is 0.000000920. The van der Waals surface area contributed by atoms with Gasteiger partial charge in [-0.1, -0.05) is 20.8 Å². The van der Waals surface area contributed by atoms with Gasteiger partial charge in [0.05, 0.1) is 0 Å². The minimum absolute atomic E-state index is 0.0322. The van der Waals surface area contributed by atoms with E-state index in [0.717, 1.165) is 38.0 Å². The molecular formula is C19H33N3O4. The maximum Gasteiger partial charge on any atom is 0.407 e. The lowest BCUT2D eigenvalue weighted by molar-refractivity contribution is -0.136. The number of amides is 3. The molecule has 1 aliphatic heterocycles. The smallest absolute Gasteiger partial charge is 0.407 e. The number of likely N-dealkylation sites (tertiary alicyclic amines) is 1. The molecule has 1 heterocycles. The number of nitrogens with two attached hydrogens (primary N) is 1. The Morgan fingerprint density at radius 3 is 2.15 bits per heavy atom. The number of nitrogens with one attached hydrogen (secondary N) is 1. The molecule has 7 nitrogen and oxygen atoms in total. The number of carbonyl (C=O) groups excluding carboxylic acids is 3. The summed E-state index contributed by atoms with van der Waals surface area (Å²) in [5.74, 6) is 0.0408. The minimum atomic E-state index is -0.569. The highest BCUT2D eigenvalue weighted by Gasteiger charge is 2.32. The van der Waals surface area contributed by atoms with E-state index in [9.17, 15) is 14.4 Å². The van der Waals surface area contributed by atoms with Gasteiger partial charge in [0.2, 0.25) is 11.8 Å². The van der Waals surface area contributed by atoms with Gasteiger partial charge in [0.25, 0.3) is 0 Å². The Bertz CT molecular complexity index is 468. The van der Waals surface area contributed by atoms with Crippen LogP contribution in [0.1, 0.15) is 59.3 Å². The van der Waals surface area contributed by atoms with Crippen LogP contribution in [0.2, 0.25) is 0 Å². The second-order valence-corrected chi connectivity index (χ2v) is 7.04. The van der Waals surface area contributed by atoms with Crippen molar-refractivity contribution >= 4 is 17.9 Å². The van der Waals surface area contributed by atoms with Crippen molar-refractivity contribution in [3.8, 4) is 12.8 Å². The van der Waals surface area contributed by atoms with Crippen LogP contribution in [-0.2, 0) is 14.3 Å². The standard InChI is InChI=1S/C13H21N3O4.C4H10.C2H2/c14-12(18)10-6-3-7-16(10)11(17)8-15-13(19)20-9-4-1-2-5-9;1-4(2)3;1-2/h9-10H,1-8H2,(H2,14,18)(H,15,19);4H,1-3H3;1-2H/t10-;;/m0../s1. The summed E-state index contributed by atoms with van der Waals surface area (Å²) in [6.07, 6.45) is 12.7. The second-order valence-electron chi connectivity index (χ2n) is 7.04. The summed E-state index contributed by atoms with van der Waals surface area (Å²) >= 11 is 0. The molecule has 148 valence electrons. The highest BCUT2D eigenvalue weighted by molar-refractivity contribution is 5.89. The average molecular weight is 367 g/mol. The number of ether oxygens (including phenoxy) is 1. The van der Waals surface area contributed by atoms with Crippen molar-refractivity contribution in [3.05, 3.63) is 0 Å². The average Bonchev–Trinajstić information content (AvgIpc) is 3.25. The zero-order chi connectivity index (χ0) is 20.1. The largest absolute Gasteiger partial charge is 0.446 e. The Morgan fingerprint density at radius 1 is 1.12 bits per heavy atom. The van der Waals surface area contributed by atoms with Crippen LogP contribution in [0.25, 0.3) is 0 Å². The van der Waals surface area contributed by atoms with E-state index in [-0.39, 0.29) is 18.6 Å². The number of terminal acetylenes is 1. The minimum Gasteiger partial charge on any atom is -0.446 e. The summed E-state index contributed by atoms with van der Waals surface area (Å²) in [4.78, 5) is 36.1. The Kier molecular flexibility index (Phi) is 11.9. The molecule has 0 bridgehead atoms. The topological polar surface area (TPSA) is 102 Å². The van der Waals surface area contributed by atoms with E-state index in [1.54, 1.807) is 0 Å². The highest BCUT2D eigenvalue weighted by Crippen LogP contribution is 2.21. The monoisotopic (exact) mass is 367 g/mol. The lowest BCUT2D eigenvalue weighted by atomic mass is 10.2. The molecule has 1 saturated carbocycles. The molecule has 7 heteroatoms.